The second-order valence-electron chi connectivity index (χ2n) is 0.951. The SMILES string of the molecule is O=P(Cl)(Cl)[Se]C(F)(F)F. The topological polar surface area (TPSA) is 17.1 Å². The van der Waals surface area contributed by atoms with E-state index in [-0.39, 0.29) is 0 Å². The standard InChI is InChI=1S/CCl2F3OPSe/c2-8(3,7)9-1(4,5)6. The summed E-state index contributed by atoms with van der Waals surface area (Å²) in [5.74, 6) is 0. The Bertz CT molecular complexity index is 139. The van der Waals surface area contributed by atoms with Crippen LogP contribution in [0.1, 0.15) is 0 Å². The monoisotopic (exact) mass is 266 g/mol. The van der Waals surface area contributed by atoms with Crippen molar-refractivity contribution in [3.05, 3.63) is 0 Å². The summed E-state index contributed by atoms with van der Waals surface area (Å²) in [6.07, 6.45) is 0. The maximum absolute atomic E-state index is 11.2. The molecule has 0 aliphatic heterocycles. The zero-order chi connectivity index (χ0) is 7.71. The molecular weight excluding hydrogens is 266 g/mol. The molecule has 0 rings (SSSR count). The van der Waals surface area contributed by atoms with Crippen molar-refractivity contribution in [1.29, 1.82) is 0 Å². The number of rotatable bonds is 1. The fourth-order valence-corrected chi connectivity index (χ4v) is 4.32. The summed E-state index contributed by atoms with van der Waals surface area (Å²) in [4.78, 5) is 0. The van der Waals surface area contributed by atoms with Gasteiger partial charge in [0, 0.05) is 0 Å². The van der Waals surface area contributed by atoms with E-state index >= 15 is 0 Å². The third kappa shape index (κ3) is 9.12. The molecular formula is CCl2F3OPSe. The fraction of sp³-hybridized carbons (Fsp3) is 1.00. The molecule has 0 aromatic rings. The van der Waals surface area contributed by atoms with Crippen molar-refractivity contribution < 1.29 is 17.7 Å². The zero-order valence-corrected chi connectivity index (χ0v) is 7.77. The first-order valence-corrected chi connectivity index (χ1v) is 8.06. The molecule has 0 aliphatic rings. The molecule has 0 radical (unpaired) electrons. The molecule has 0 spiro atoms. The molecule has 0 N–H and O–H groups in total. The van der Waals surface area contributed by atoms with Gasteiger partial charge in [-0.1, -0.05) is 0 Å². The van der Waals surface area contributed by atoms with E-state index < -0.39 is 24.1 Å². The first-order chi connectivity index (χ1) is 3.71. The van der Waals surface area contributed by atoms with E-state index in [1.54, 1.807) is 0 Å². The van der Waals surface area contributed by atoms with Gasteiger partial charge in [-0.15, -0.1) is 0 Å². The second kappa shape index (κ2) is 3.02. The predicted molar refractivity (Wildman–Crippen MR) is 31.1 cm³/mol. The normalized spacial score (nSPS) is 13.9. The van der Waals surface area contributed by atoms with Crippen LogP contribution in [-0.2, 0) is 4.57 Å². The maximum atomic E-state index is 11.2. The summed E-state index contributed by atoms with van der Waals surface area (Å²) in [5, 5.41) is -4.48. The molecule has 0 aliphatic carbocycles. The third-order valence-corrected chi connectivity index (χ3v) is 5.42. The van der Waals surface area contributed by atoms with Gasteiger partial charge in [-0.2, -0.15) is 0 Å². The van der Waals surface area contributed by atoms with Gasteiger partial charge in [-0.25, -0.2) is 0 Å². The van der Waals surface area contributed by atoms with Crippen molar-refractivity contribution in [2.45, 2.75) is 5.07 Å². The van der Waals surface area contributed by atoms with Crippen LogP contribution < -0.4 is 0 Å². The number of hydrogen-bond acceptors (Lipinski definition) is 1. The molecule has 0 saturated carbocycles. The Morgan fingerprint density at radius 2 is 1.67 bits per heavy atom. The molecule has 0 fully saturated rings. The average molecular weight is 266 g/mol. The van der Waals surface area contributed by atoms with Crippen LogP contribution in [-0.4, -0.2) is 19.6 Å². The average Bonchev–Trinajstić information content (AvgIpc) is 1.14. The Kier molecular flexibility index (Phi) is 3.39. The van der Waals surface area contributed by atoms with Gasteiger partial charge in [-0.3, -0.25) is 0 Å². The molecule has 0 bridgehead atoms. The van der Waals surface area contributed by atoms with Crippen LogP contribution in [0.2, 0.25) is 0 Å². The number of halogens is 5. The quantitative estimate of drug-likeness (QED) is 0.526. The van der Waals surface area contributed by atoms with E-state index in [0.717, 1.165) is 0 Å². The van der Waals surface area contributed by atoms with Gasteiger partial charge >= 0.3 is 64.3 Å². The molecule has 1 nitrogen and oxygen atoms in total. The van der Waals surface area contributed by atoms with Gasteiger partial charge in [0.15, 0.2) is 0 Å². The van der Waals surface area contributed by atoms with Gasteiger partial charge in [0.25, 0.3) is 0 Å². The molecule has 0 atom stereocenters. The minimum absolute atomic E-state index is 2.16. The Hall–Kier alpha value is 1.12. The van der Waals surface area contributed by atoms with E-state index in [9.17, 15) is 17.7 Å². The molecule has 0 aromatic carbocycles. The molecule has 56 valence electrons. The van der Waals surface area contributed by atoms with Crippen LogP contribution in [0.5, 0.6) is 0 Å². The summed E-state index contributed by atoms with van der Waals surface area (Å²) < 4.78 is 39.9. The zero-order valence-electron chi connectivity index (χ0n) is 3.65. The van der Waals surface area contributed by atoms with E-state index in [0.29, 0.717) is 0 Å². The second-order valence-corrected chi connectivity index (χ2v) is 13.4. The van der Waals surface area contributed by atoms with Crippen molar-refractivity contribution in [3.8, 4) is 0 Å². The Morgan fingerprint density at radius 1 is 1.33 bits per heavy atom. The van der Waals surface area contributed by atoms with Gasteiger partial charge in [0.1, 0.15) is 0 Å². The molecule has 0 saturated heterocycles. The third-order valence-electron chi connectivity index (χ3n) is 0.210. The summed E-state index contributed by atoms with van der Waals surface area (Å²) in [6, 6.07) is 0. The number of alkyl halides is 3. The Balaban J connectivity index is 3.90. The van der Waals surface area contributed by atoms with Crippen molar-refractivity contribution >= 4 is 41.5 Å². The first kappa shape index (κ1) is 10.1. The Morgan fingerprint density at radius 3 is 1.67 bits per heavy atom. The molecule has 9 heavy (non-hydrogen) atoms. The van der Waals surface area contributed by atoms with Gasteiger partial charge in [0.2, 0.25) is 0 Å². The summed E-state index contributed by atoms with van der Waals surface area (Å²) in [6.45, 7) is 0. The summed E-state index contributed by atoms with van der Waals surface area (Å²) >= 11 is 7.13. The van der Waals surface area contributed by atoms with E-state index in [1.807, 2.05) is 0 Å². The van der Waals surface area contributed by atoms with Crippen LogP contribution in [0, 0.1) is 0 Å². The molecule has 0 aromatic heterocycles. The predicted octanol–water partition coefficient (Wildman–Crippen LogP) is 2.80. The van der Waals surface area contributed by atoms with Gasteiger partial charge < -0.3 is 0 Å². The van der Waals surface area contributed by atoms with Crippen LogP contribution in [0.3, 0.4) is 0 Å². The molecule has 0 heterocycles. The van der Waals surface area contributed by atoms with E-state index in [1.165, 1.54) is 0 Å². The van der Waals surface area contributed by atoms with Gasteiger partial charge in [-0.05, 0) is 0 Å². The van der Waals surface area contributed by atoms with Crippen LogP contribution in [0.25, 0.3) is 0 Å². The Labute approximate surface area is 64.6 Å². The van der Waals surface area contributed by atoms with Crippen LogP contribution in [0.4, 0.5) is 13.2 Å². The summed E-state index contributed by atoms with van der Waals surface area (Å²) in [7, 11) is 0. The summed E-state index contributed by atoms with van der Waals surface area (Å²) in [5.41, 5.74) is 0. The minimum atomic E-state index is -4.48. The van der Waals surface area contributed by atoms with Crippen molar-refractivity contribution in [2.24, 2.45) is 0 Å². The van der Waals surface area contributed by atoms with Crippen molar-refractivity contribution in [1.82, 2.24) is 0 Å². The molecule has 0 unspecified atom stereocenters. The molecule has 0 amide bonds. The van der Waals surface area contributed by atoms with Gasteiger partial charge in [0.05, 0.1) is 0 Å². The van der Waals surface area contributed by atoms with Crippen molar-refractivity contribution in [2.75, 3.05) is 0 Å². The molecule has 8 heteroatoms. The van der Waals surface area contributed by atoms with Crippen molar-refractivity contribution in [3.63, 3.8) is 0 Å². The van der Waals surface area contributed by atoms with E-state index in [2.05, 4.69) is 22.5 Å². The first-order valence-electron chi connectivity index (χ1n) is 1.47. The van der Waals surface area contributed by atoms with Crippen LogP contribution >= 0.6 is 27.0 Å². The fourth-order valence-electron chi connectivity index (χ4n) is 0.121. The van der Waals surface area contributed by atoms with Crippen LogP contribution in [0.15, 0.2) is 0 Å². The van der Waals surface area contributed by atoms with E-state index in [4.69, 9.17) is 0 Å². The number of hydrogen-bond donors (Lipinski definition) is 0.